The number of rotatable bonds is 11. The van der Waals surface area contributed by atoms with Gasteiger partial charge in [-0.25, -0.2) is 13.5 Å². The zero-order chi connectivity index (χ0) is 34.5. The van der Waals surface area contributed by atoms with Crippen molar-refractivity contribution in [3.63, 3.8) is 0 Å². The fraction of sp³-hybridized carbons (Fsp3) is 0.724. The first-order valence-electron chi connectivity index (χ1n) is 14.9. The van der Waals surface area contributed by atoms with Crippen LogP contribution in [0.3, 0.4) is 0 Å². The van der Waals surface area contributed by atoms with Crippen LogP contribution in [0.5, 0.6) is 5.88 Å². The number of likely N-dealkylation sites (tertiary alicyclic amines) is 1. The number of alkyl halides is 5. The van der Waals surface area contributed by atoms with Crippen LogP contribution in [0, 0.1) is 28.6 Å². The van der Waals surface area contributed by atoms with Gasteiger partial charge in [0.2, 0.25) is 23.6 Å². The molecule has 6 atom stereocenters. The lowest BCUT2D eigenvalue weighted by atomic mass is 9.85. The van der Waals surface area contributed by atoms with Crippen LogP contribution >= 0.6 is 0 Å². The number of piperidine rings is 1. The van der Waals surface area contributed by atoms with E-state index < -0.39 is 83.3 Å². The standard InChI is InChI=1S/C29H39F5N6O6/c1-27(2,3)21(37-26(45)29(32,33)34)25(44)40-11-14-19(28(14,4)5)20(40)24(43)36-15(9-13-7-8-35-23(13)42)17(41)12-46-18-10-16(22(30)31)38-39(18)6/h10,13-15,19-22H,7-9,11-12H2,1-6H3,(H,35,42)(H,36,43)(H,37,45)/t13-,14-,15-,19-,20-,21+/m0/s1. The van der Waals surface area contributed by atoms with Gasteiger partial charge in [0.25, 0.3) is 6.43 Å². The predicted octanol–water partition coefficient (Wildman–Crippen LogP) is 1.89. The maximum atomic E-state index is 14.0. The highest BCUT2D eigenvalue weighted by Gasteiger charge is 2.70. The minimum absolute atomic E-state index is 0.0444. The van der Waals surface area contributed by atoms with E-state index in [1.54, 1.807) is 5.32 Å². The van der Waals surface area contributed by atoms with Crippen molar-refractivity contribution in [1.82, 2.24) is 30.6 Å². The number of halogens is 5. The molecule has 0 radical (unpaired) electrons. The average molecular weight is 663 g/mol. The fourth-order valence-electron chi connectivity index (χ4n) is 6.48. The summed E-state index contributed by atoms with van der Waals surface area (Å²) in [7, 11) is 1.34. The van der Waals surface area contributed by atoms with E-state index >= 15 is 0 Å². The average Bonchev–Trinajstić information content (AvgIpc) is 3.42. The van der Waals surface area contributed by atoms with Gasteiger partial charge in [-0.2, -0.15) is 18.3 Å². The number of ether oxygens (including phenoxy) is 1. The number of nitrogens with one attached hydrogen (secondary N) is 3. The van der Waals surface area contributed by atoms with Gasteiger partial charge in [0.15, 0.2) is 12.4 Å². The van der Waals surface area contributed by atoms with Crippen LogP contribution in [0.4, 0.5) is 22.0 Å². The number of carbonyl (C=O) groups excluding carboxylic acids is 5. The van der Waals surface area contributed by atoms with E-state index in [-0.39, 0.29) is 36.6 Å². The molecule has 2 saturated heterocycles. The summed E-state index contributed by atoms with van der Waals surface area (Å²) in [6.45, 7) is 7.96. The number of ketones is 1. The number of hydrogen-bond acceptors (Lipinski definition) is 7. The van der Waals surface area contributed by atoms with Crippen LogP contribution in [-0.2, 0) is 31.0 Å². The van der Waals surface area contributed by atoms with E-state index in [2.05, 4.69) is 15.7 Å². The van der Waals surface area contributed by atoms with Gasteiger partial charge in [0.1, 0.15) is 17.8 Å². The molecule has 4 amide bonds. The first-order chi connectivity index (χ1) is 21.1. The van der Waals surface area contributed by atoms with E-state index in [1.807, 2.05) is 13.8 Å². The molecule has 3 N–H and O–H groups in total. The Morgan fingerprint density at radius 1 is 1.15 bits per heavy atom. The summed E-state index contributed by atoms with van der Waals surface area (Å²) in [5.41, 5.74) is -2.13. The molecule has 1 aromatic rings. The minimum atomic E-state index is -5.24. The molecule has 1 aliphatic carbocycles. The Labute approximate surface area is 262 Å². The summed E-state index contributed by atoms with van der Waals surface area (Å²) in [5, 5.41) is 10.7. The molecule has 1 aromatic heterocycles. The molecule has 2 aliphatic heterocycles. The third kappa shape index (κ3) is 7.12. The van der Waals surface area contributed by atoms with Gasteiger partial charge in [-0.1, -0.05) is 34.6 Å². The lowest BCUT2D eigenvalue weighted by Crippen LogP contribution is -2.61. The maximum Gasteiger partial charge on any atom is 0.471 e. The van der Waals surface area contributed by atoms with Crippen molar-refractivity contribution < 1.29 is 50.7 Å². The van der Waals surface area contributed by atoms with Crippen LogP contribution in [0.1, 0.15) is 59.6 Å². The Kier molecular flexibility index (Phi) is 9.48. The zero-order valence-corrected chi connectivity index (χ0v) is 26.3. The lowest BCUT2D eigenvalue weighted by Gasteiger charge is -2.38. The second-order valence-corrected chi connectivity index (χ2v) is 13.8. The van der Waals surface area contributed by atoms with Crippen molar-refractivity contribution in [2.75, 3.05) is 19.7 Å². The third-order valence-electron chi connectivity index (χ3n) is 9.24. The quantitative estimate of drug-likeness (QED) is 0.306. The normalized spacial score (nSPS) is 25.0. The molecular formula is C29H39F5N6O6. The van der Waals surface area contributed by atoms with Crippen LogP contribution in [0.15, 0.2) is 6.07 Å². The van der Waals surface area contributed by atoms with Gasteiger partial charge in [-0.3, -0.25) is 24.0 Å². The molecule has 12 nitrogen and oxygen atoms in total. The summed E-state index contributed by atoms with van der Waals surface area (Å²) in [5.74, 6) is -6.24. The molecule has 0 spiro atoms. The van der Waals surface area contributed by atoms with E-state index in [4.69, 9.17) is 4.74 Å². The number of nitrogens with zero attached hydrogens (tertiary/aromatic N) is 3. The molecule has 17 heteroatoms. The minimum Gasteiger partial charge on any atom is -0.470 e. The van der Waals surface area contributed by atoms with Gasteiger partial charge >= 0.3 is 12.1 Å². The first kappa shape index (κ1) is 35.1. The van der Waals surface area contributed by atoms with Crippen LogP contribution < -0.4 is 20.7 Å². The van der Waals surface area contributed by atoms with Crippen LogP contribution in [0.25, 0.3) is 0 Å². The van der Waals surface area contributed by atoms with Gasteiger partial charge in [-0.15, -0.1) is 0 Å². The Balaban J connectivity index is 1.57. The predicted molar refractivity (Wildman–Crippen MR) is 150 cm³/mol. The lowest BCUT2D eigenvalue weighted by molar-refractivity contribution is -0.176. The molecule has 0 bridgehead atoms. The Hall–Kier alpha value is -3.79. The topological polar surface area (TPSA) is 152 Å². The van der Waals surface area contributed by atoms with Gasteiger partial charge in [-0.05, 0) is 35.5 Å². The summed E-state index contributed by atoms with van der Waals surface area (Å²) in [6, 6.07) is -3.12. The molecule has 3 aliphatic rings. The molecule has 0 aromatic carbocycles. The molecule has 46 heavy (non-hydrogen) atoms. The Morgan fingerprint density at radius 2 is 1.80 bits per heavy atom. The van der Waals surface area contributed by atoms with Gasteiger partial charge in [0.05, 0.1) is 6.04 Å². The molecule has 3 fully saturated rings. The van der Waals surface area contributed by atoms with Crippen LogP contribution in [0.2, 0.25) is 0 Å². The largest absolute Gasteiger partial charge is 0.471 e. The zero-order valence-electron chi connectivity index (χ0n) is 26.3. The summed E-state index contributed by atoms with van der Waals surface area (Å²) in [6.07, 6.45) is -7.84. The Bertz CT molecular complexity index is 1390. The Morgan fingerprint density at radius 3 is 2.33 bits per heavy atom. The number of fused-ring (bicyclic) bond motifs is 1. The molecule has 3 heterocycles. The van der Waals surface area contributed by atoms with Crippen molar-refractivity contribution in [3.8, 4) is 5.88 Å². The highest BCUT2D eigenvalue weighted by Crippen LogP contribution is 2.65. The molecule has 0 unspecified atom stereocenters. The summed E-state index contributed by atoms with van der Waals surface area (Å²) >= 11 is 0. The number of aromatic nitrogens is 2. The van der Waals surface area contributed by atoms with E-state index in [1.165, 1.54) is 27.8 Å². The second kappa shape index (κ2) is 12.4. The van der Waals surface area contributed by atoms with E-state index in [0.29, 0.717) is 13.0 Å². The number of hydrogen-bond donors (Lipinski definition) is 3. The summed E-state index contributed by atoms with van der Waals surface area (Å²) in [4.78, 5) is 66.5. The highest BCUT2D eigenvalue weighted by molar-refractivity contribution is 5.97. The van der Waals surface area contributed by atoms with Gasteiger partial charge < -0.3 is 25.6 Å². The van der Waals surface area contributed by atoms with Crippen molar-refractivity contribution in [2.45, 2.75) is 78.2 Å². The molecule has 256 valence electrons. The first-order valence-corrected chi connectivity index (χ1v) is 14.9. The fourth-order valence-corrected chi connectivity index (χ4v) is 6.48. The van der Waals surface area contributed by atoms with Crippen molar-refractivity contribution in [3.05, 3.63) is 11.8 Å². The third-order valence-corrected chi connectivity index (χ3v) is 9.24. The number of aryl methyl sites for hydroxylation is 1. The van der Waals surface area contributed by atoms with Crippen LogP contribution in [-0.4, -0.2) is 88.1 Å². The van der Waals surface area contributed by atoms with Crippen molar-refractivity contribution in [1.29, 1.82) is 0 Å². The van der Waals surface area contributed by atoms with Gasteiger partial charge in [0, 0.05) is 32.1 Å². The highest BCUT2D eigenvalue weighted by atomic mass is 19.4. The number of Topliss-reactive ketones (excluding diaryl/α,β-unsaturated/α-hetero) is 1. The maximum absolute atomic E-state index is 14.0. The molecule has 1 saturated carbocycles. The number of amides is 4. The SMILES string of the molecule is Cn1nc(C(F)F)cc1OCC(=O)[C@H](C[C@@H]1CCNC1=O)NC(=O)[C@@H]1[C@@H]2[C@H](CN1C(=O)[C@@H](NC(=O)C(F)(F)F)C(C)(C)C)C2(C)C. The molecular weight excluding hydrogens is 623 g/mol. The van der Waals surface area contributed by atoms with E-state index in [0.717, 1.165) is 15.6 Å². The summed E-state index contributed by atoms with van der Waals surface area (Å²) < 4.78 is 72.0. The van der Waals surface area contributed by atoms with Crippen molar-refractivity contribution in [2.24, 2.45) is 35.6 Å². The number of carbonyl (C=O) groups is 5. The molecule has 4 rings (SSSR count). The monoisotopic (exact) mass is 662 g/mol. The van der Waals surface area contributed by atoms with Crippen molar-refractivity contribution >= 4 is 29.4 Å². The van der Waals surface area contributed by atoms with E-state index in [9.17, 15) is 45.9 Å². The second-order valence-electron chi connectivity index (χ2n) is 13.8. The smallest absolute Gasteiger partial charge is 0.470 e.